The van der Waals surface area contributed by atoms with Crippen molar-refractivity contribution in [1.82, 2.24) is 4.90 Å². The lowest BCUT2D eigenvalue weighted by molar-refractivity contribution is -0.114. The Morgan fingerprint density at radius 3 is 2.19 bits per heavy atom. The van der Waals surface area contributed by atoms with Crippen LogP contribution in [0.3, 0.4) is 0 Å². The van der Waals surface area contributed by atoms with Gasteiger partial charge in [0.1, 0.15) is 0 Å². The third-order valence-corrected chi connectivity index (χ3v) is 9.44. The summed E-state index contributed by atoms with van der Waals surface area (Å²) in [6, 6.07) is 30.3. The maximum Gasteiger partial charge on any atom is 0.265 e. The summed E-state index contributed by atoms with van der Waals surface area (Å²) in [4.78, 5) is 35.0. The first-order valence-electron chi connectivity index (χ1n) is 14.4. The van der Waals surface area contributed by atoms with Gasteiger partial charge in [0.05, 0.1) is 17.1 Å². The number of para-hydroxylation sites is 1. The van der Waals surface area contributed by atoms with Crippen LogP contribution in [0.25, 0.3) is 6.08 Å². The Morgan fingerprint density at radius 2 is 1.43 bits per heavy atom. The molecule has 4 aromatic carbocycles. The van der Waals surface area contributed by atoms with Gasteiger partial charge in [0, 0.05) is 42.3 Å². The van der Waals surface area contributed by atoms with E-state index in [1.807, 2.05) is 70.5 Å². The second kappa shape index (κ2) is 11.9. The SMILES string of the molecule is Cc1ccccc1CN1C(=O)C(=Cc2ccc(C(=O)N3CCN(c4cccc(C)c4C)CC3)cc2)Sc2ccccc21. The van der Waals surface area contributed by atoms with Crippen LogP contribution < -0.4 is 9.80 Å². The van der Waals surface area contributed by atoms with Crippen molar-refractivity contribution in [3.05, 3.63) is 129 Å². The van der Waals surface area contributed by atoms with E-state index in [9.17, 15) is 9.59 Å². The fourth-order valence-electron chi connectivity index (χ4n) is 5.66. The number of carbonyl (C=O) groups excluding carboxylic acids is 2. The zero-order chi connectivity index (χ0) is 29.2. The standard InChI is InChI=1S/C36H35N3O2S/c1-25-10-8-13-31(27(25)3)37-19-21-38(22-20-37)35(40)29-17-15-28(16-18-29)23-34-36(41)39(24-30-11-5-4-9-26(30)2)32-12-6-7-14-33(32)42-34/h4-18,23H,19-22,24H2,1-3H3. The number of hydrogen-bond acceptors (Lipinski definition) is 4. The predicted octanol–water partition coefficient (Wildman–Crippen LogP) is 7.25. The van der Waals surface area contributed by atoms with Crippen LogP contribution in [0.15, 0.2) is 101 Å². The molecule has 5 nitrogen and oxygen atoms in total. The summed E-state index contributed by atoms with van der Waals surface area (Å²) >= 11 is 1.50. The zero-order valence-electron chi connectivity index (χ0n) is 24.3. The molecule has 0 spiro atoms. The Kier molecular flexibility index (Phi) is 7.90. The molecular formula is C36H35N3O2S. The summed E-state index contributed by atoms with van der Waals surface area (Å²) in [5.41, 5.74) is 8.66. The highest BCUT2D eigenvalue weighted by Crippen LogP contribution is 2.42. The van der Waals surface area contributed by atoms with E-state index in [0.717, 1.165) is 34.8 Å². The molecule has 4 aromatic rings. The third-order valence-electron chi connectivity index (χ3n) is 8.36. The summed E-state index contributed by atoms with van der Waals surface area (Å²) in [5.74, 6) is 0.0418. The highest BCUT2D eigenvalue weighted by Gasteiger charge is 2.29. The summed E-state index contributed by atoms with van der Waals surface area (Å²) in [5, 5.41) is 0. The molecule has 2 amide bonds. The first-order chi connectivity index (χ1) is 20.4. The first-order valence-corrected chi connectivity index (χ1v) is 15.3. The summed E-state index contributed by atoms with van der Waals surface area (Å²) < 4.78 is 0. The van der Waals surface area contributed by atoms with Crippen LogP contribution in [0.4, 0.5) is 11.4 Å². The number of rotatable bonds is 5. The molecule has 0 aromatic heterocycles. The van der Waals surface area contributed by atoms with Gasteiger partial charge in [-0.3, -0.25) is 9.59 Å². The average molecular weight is 574 g/mol. The molecule has 2 aliphatic heterocycles. The summed E-state index contributed by atoms with van der Waals surface area (Å²) in [6.45, 7) is 9.93. The number of benzene rings is 4. The van der Waals surface area contributed by atoms with E-state index in [4.69, 9.17) is 0 Å². The average Bonchev–Trinajstić information content (AvgIpc) is 3.01. The number of hydrogen-bond donors (Lipinski definition) is 0. The molecule has 0 atom stereocenters. The predicted molar refractivity (Wildman–Crippen MR) is 173 cm³/mol. The van der Waals surface area contributed by atoms with E-state index in [0.29, 0.717) is 30.1 Å². The van der Waals surface area contributed by atoms with E-state index < -0.39 is 0 Å². The number of aryl methyl sites for hydroxylation is 2. The number of thioether (sulfide) groups is 1. The van der Waals surface area contributed by atoms with Gasteiger partial charge in [-0.2, -0.15) is 0 Å². The maximum atomic E-state index is 13.7. The van der Waals surface area contributed by atoms with Gasteiger partial charge in [0.2, 0.25) is 0 Å². The monoisotopic (exact) mass is 573 g/mol. The van der Waals surface area contributed by atoms with Crippen molar-refractivity contribution in [2.24, 2.45) is 0 Å². The zero-order valence-corrected chi connectivity index (χ0v) is 25.2. The molecule has 2 aliphatic rings. The van der Waals surface area contributed by atoms with Crippen LogP contribution in [0.2, 0.25) is 0 Å². The van der Waals surface area contributed by atoms with Gasteiger partial charge < -0.3 is 14.7 Å². The molecule has 2 heterocycles. The van der Waals surface area contributed by atoms with Crippen LogP contribution in [0.5, 0.6) is 0 Å². The second-order valence-electron chi connectivity index (χ2n) is 11.0. The van der Waals surface area contributed by atoms with Crippen molar-refractivity contribution >= 4 is 41.0 Å². The number of nitrogens with zero attached hydrogens (tertiary/aromatic N) is 3. The minimum absolute atomic E-state index is 0.0103. The van der Waals surface area contributed by atoms with Crippen molar-refractivity contribution in [3.8, 4) is 0 Å². The molecule has 0 saturated carbocycles. The topological polar surface area (TPSA) is 43.9 Å². The minimum atomic E-state index is -0.0103. The van der Waals surface area contributed by atoms with Gasteiger partial charge in [-0.15, -0.1) is 0 Å². The van der Waals surface area contributed by atoms with Crippen LogP contribution in [-0.4, -0.2) is 42.9 Å². The molecule has 0 radical (unpaired) electrons. The lowest BCUT2D eigenvalue weighted by Gasteiger charge is -2.37. The van der Waals surface area contributed by atoms with Crippen LogP contribution in [-0.2, 0) is 11.3 Å². The minimum Gasteiger partial charge on any atom is -0.368 e. The number of anilines is 2. The lowest BCUT2D eigenvalue weighted by atomic mass is 10.1. The Labute approximate surface area is 252 Å². The van der Waals surface area contributed by atoms with E-state index in [-0.39, 0.29) is 11.8 Å². The number of fused-ring (bicyclic) bond motifs is 1. The normalized spacial score (nSPS) is 16.1. The van der Waals surface area contributed by atoms with E-state index in [2.05, 4.69) is 62.1 Å². The first kappa shape index (κ1) is 27.9. The molecule has 6 heteroatoms. The van der Waals surface area contributed by atoms with Crippen LogP contribution >= 0.6 is 11.8 Å². The van der Waals surface area contributed by atoms with Crippen LogP contribution in [0.1, 0.15) is 38.2 Å². The Hall–Kier alpha value is -4.29. The van der Waals surface area contributed by atoms with Gasteiger partial charge in [0.25, 0.3) is 11.8 Å². The Balaban J connectivity index is 1.16. The van der Waals surface area contributed by atoms with Crippen molar-refractivity contribution in [1.29, 1.82) is 0 Å². The van der Waals surface area contributed by atoms with Gasteiger partial charge in [-0.1, -0.05) is 72.4 Å². The molecule has 1 fully saturated rings. The lowest BCUT2D eigenvalue weighted by Crippen LogP contribution is -2.49. The third kappa shape index (κ3) is 5.59. The van der Waals surface area contributed by atoms with Gasteiger partial charge >= 0.3 is 0 Å². The van der Waals surface area contributed by atoms with Crippen molar-refractivity contribution < 1.29 is 9.59 Å². The molecule has 42 heavy (non-hydrogen) atoms. The highest BCUT2D eigenvalue weighted by atomic mass is 32.2. The maximum absolute atomic E-state index is 13.7. The fraction of sp³-hybridized carbons (Fsp3) is 0.222. The largest absolute Gasteiger partial charge is 0.368 e. The molecular weight excluding hydrogens is 538 g/mol. The molecule has 0 unspecified atom stereocenters. The molecule has 0 aliphatic carbocycles. The van der Waals surface area contributed by atoms with Crippen LogP contribution in [0, 0.1) is 20.8 Å². The van der Waals surface area contributed by atoms with Gasteiger partial charge in [-0.25, -0.2) is 0 Å². The van der Waals surface area contributed by atoms with E-state index in [1.165, 1.54) is 34.1 Å². The van der Waals surface area contributed by atoms with Crippen molar-refractivity contribution in [2.45, 2.75) is 32.2 Å². The quantitative estimate of drug-likeness (QED) is 0.236. The van der Waals surface area contributed by atoms with Crippen molar-refractivity contribution in [2.75, 3.05) is 36.0 Å². The summed E-state index contributed by atoms with van der Waals surface area (Å²) in [6.07, 6.45) is 1.94. The van der Waals surface area contributed by atoms with E-state index >= 15 is 0 Å². The van der Waals surface area contributed by atoms with E-state index in [1.54, 1.807) is 0 Å². The number of amides is 2. The van der Waals surface area contributed by atoms with Crippen molar-refractivity contribution in [3.63, 3.8) is 0 Å². The Bertz CT molecular complexity index is 1670. The molecule has 212 valence electrons. The molecule has 0 bridgehead atoms. The van der Waals surface area contributed by atoms with Gasteiger partial charge in [-0.05, 0) is 85.0 Å². The second-order valence-corrected chi connectivity index (χ2v) is 12.1. The summed E-state index contributed by atoms with van der Waals surface area (Å²) in [7, 11) is 0. The fourth-order valence-corrected chi connectivity index (χ4v) is 6.72. The van der Waals surface area contributed by atoms with Gasteiger partial charge in [0.15, 0.2) is 0 Å². The number of carbonyl (C=O) groups is 2. The smallest absolute Gasteiger partial charge is 0.265 e. The highest BCUT2D eigenvalue weighted by molar-refractivity contribution is 8.04. The molecule has 6 rings (SSSR count). The molecule has 1 saturated heterocycles. The Morgan fingerprint density at radius 1 is 0.762 bits per heavy atom. The molecule has 0 N–H and O–H groups in total. The number of piperazine rings is 1.